The van der Waals surface area contributed by atoms with E-state index in [4.69, 9.17) is 5.11 Å². The third-order valence-electron chi connectivity index (χ3n) is 5.64. The lowest BCUT2D eigenvalue weighted by Gasteiger charge is -2.54. The molecule has 2 bridgehead atoms. The lowest BCUT2D eigenvalue weighted by Crippen LogP contribution is -2.58. The molecular weight excluding hydrogens is 250 g/mol. The van der Waals surface area contributed by atoms with E-state index in [-0.39, 0.29) is 11.8 Å². The smallest absolute Gasteiger partial charge is 0.304 e. The van der Waals surface area contributed by atoms with Gasteiger partial charge in [0.15, 0.2) is 0 Å². The molecule has 1 fully saturated rings. The van der Waals surface area contributed by atoms with Crippen molar-refractivity contribution in [2.75, 3.05) is 13.1 Å². The van der Waals surface area contributed by atoms with Gasteiger partial charge in [-0.15, -0.1) is 0 Å². The van der Waals surface area contributed by atoms with Gasteiger partial charge in [0.1, 0.15) is 0 Å². The van der Waals surface area contributed by atoms with Crippen molar-refractivity contribution < 1.29 is 9.90 Å². The minimum atomic E-state index is -0.692. The molecule has 3 rings (SSSR count). The van der Waals surface area contributed by atoms with Crippen molar-refractivity contribution in [1.82, 2.24) is 4.90 Å². The number of benzene rings is 1. The van der Waals surface area contributed by atoms with Crippen LogP contribution in [-0.2, 0) is 16.6 Å². The number of carboxylic acids is 1. The minimum absolute atomic E-state index is 0.249. The van der Waals surface area contributed by atoms with Gasteiger partial charge in [0.25, 0.3) is 0 Å². The predicted octanol–water partition coefficient (Wildman–Crippen LogP) is 2.69. The summed E-state index contributed by atoms with van der Waals surface area (Å²) in [4.78, 5) is 13.2. The normalized spacial score (nSPS) is 32.7. The molecule has 3 heteroatoms. The SMILES string of the molecule is CC1C2Cc3ccccc3C1(C)CCN2CCC(=O)O. The quantitative estimate of drug-likeness (QED) is 0.920. The van der Waals surface area contributed by atoms with E-state index < -0.39 is 5.97 Å². The molecule has 1 aromatic rings. The van der Waals surface area contributed by atoms with Gasteiger partial charge in [-0.25, -0.2) is 0 Å². The zero-order valence-electron chi connectivity index (χ0n) is 12.3. The maximum Gasteiger partial charge on any atom is 0.304 e. The number of hydrogen-bond donors (Lipinski definition) is 1. The molecule has 0 amide bonds. The van der Waals surface area contributed by atoms with Crippen LogP contribution in [0.5, 0.6) is 0 Å². The van der Waals surface area contributed by atoms with Crippen molar-refractivity contribution in [3.8, 4) is 0 Å². The van der Waals surface area contributed by atoms with Crippen molar-refractivity contribution in [3.05, 3.63) is 35.4 Å². The summed E-state index contributed by atoms with van der Waals surface area (Å²) in [5.74, 6) is -0.109. The number of hydrogen-bond acceptors (Lipinski definition) is 2. The minimum Gasteiger partial charge on any atom is -0.481 e. The van der Waals surface area contributed by atoms with Crippen LogP contribution in [0.3, 0.4) is 0 Å². The second-order valence-corrected chi connectivity index (χ2v) is 6.56. The molecule has 3 nitrogen and oxygen atoms in total. The van der Waals surface area contributed by atoms with Gasteiger partial charge in [-0.05, 0) is 41.8 Å². The third-order valence-corrected chi connectivity index (χ3v) is 5.64. The first-order valence-corrected chi connectivity index (χ1v) is 7.56. The van der Waals surface area contributed by atoms with Gasteiger partial charge < -0.3 is 5.11 Å². The number of carboxylic acid groups (broad SMARTS) is 1. The Morgan fingerprint density at radius 3 is 2.95 bits per heavy atom. The first-order chi connectivity index (χ1) is 9.52. The summed E-state index contributed by atoms with van der Waals surface area (Å²) in [5, 5.41) is 8.92. The van der Waals surface area contributed by atoms with Gasteiger partial charge in [0, 0.05) is 12.6 Å². The molecule has 0 saturated carbocycles. The van der Waals surface area contributed by atoms with E-state index in [1.165, 1.54) is 11.1 Å². The number of likely N-dealkylation sites (tertiary alicyclic amines) is 1. The van der Waals surface area contributed by atoms with Crippen molar-refractivity contribution >= 4 is 5.97 Å². The van der Waals surface area contributed by atoms with Crippen LogP contribution in [0.2, 0.25) is 0 Å². The highest BCUT2D eigenvalue weighted by Gasteiger charge is 2.47. The Balaban J connectivity index is 1.89. The molecule has 3 unspecified atom stereocenters. The maximum absolute atomic E-state index is 10.8. The fraction of sp³-hybridized carbons (Fsp3) is 0.588. The van der Waals surface area contributed by atoms with Crippen molar-refractivity contribution in [2.24, 2.45) is 5.92 Å². The van der Waals surface area contributed by atoms with Crippen LogP contribution in [0.15, 0.2) is 24.3 Å². The monoisotopic (exact) mass is 273 g/mol. The summed E-state index contributed by atoms with van der Waals surface area (Å²) in [6.45, 7) is 6.43. The summed E-state index contributed by atoms with van der Waals surface area (Å²) in [6, 6.07) is 9.29. The molecule has 1 aliphatic heterocycles. The van der Waals surface area contributed by atoms with Gasteiger partial charge in [-0.2, -0.15) is 0 Å². The summed E-state index contributed by atoms with van der Waals surface area (Å²) in [5.41, 5.74) is 3.22. The molecule has 20 heavy (non-hydrogen) atoms. The van der Waals surface area contributed by atoms with Crippen molar-refractivity contribution in [2.45, 2.75) is 44.6 Å². The third kappa shape index (κ3) is 2.05. The molecule has 0 spiro atoms. The highest BCUT2D eigenvalue weighted by Crippen LogP contribution is 2.48. The number of rotatable bonds is 3. The average molecular weight is 273 g/mol. The molecule has 1 aliphatic carbocycles. The molecule has 1 saturated heterocycles. The van der Waals surface area contributed by atoms with E-state index in [1.807, 2.05) is 0 Å². The number of fused-ring (bicyclic) bond motifs is 4. The molecule has 3 atom stereocenters. The first-order valence-electron chi connectivity index (χ1n) is 7.56. The summed E-state index contributed by atoms with van der Waals surface area (Å²) < 4.78 is 0. The molecule has 0 radical (unpaired) electrons. The second kappa shape index (κ2) is 4.88. The van der Waals surface area contributed by atoms with Gasteiger partial charge >= 0.3 is 5.97 Å². The number of nitrogens with zero attached hydrogens (tertiary/aromatic N) is 1. The Hall–Kier alpha value is -1.35. The van der Waals surface area contributed by atoms with E-state index >= 15 is 0 Å². The number of carbonyl (C=O) groups is 1. The van der Waals surface area contributed by atoms with Crippen LogP contribution < -0.4 is 0 Å². The largest absolute Gasteiger partial charge is 0.481 e. The predicted molar refractivity (Wildman–Crippen MR) is 78.9 cm³/mol. The lowest BCUT2D eigenvalue weighted by molar-refractivity contribution is -0.137. The Bertz CT molecular complexity index is 527. The summed E-state index contributed by atoms with van der Waals surface area (Å²) in [7, 11) is 0. The summed E-state index contributed by atoms with van der Waals surface area (Å²) in [6.07, 6.45) is 2.44. The number of piperidine rings is 1. The highest BCUT2D eigenvalue weighted by molar-refractivity contribution is 5.66. The topological polar surface area (TPSA) is 40.5 Å². The van der Waals surface area contributed by atoms with Gasteiger partial charge in [0.2, 0.25) is 0 Å². The molecule has 2 aliphatic rings. The Morgan fingerprint density at radius 1 is 1.45 bits per heavy atom. The van der Waals surface area contributed by atoms with E-state index in [2.05, 4.69) is 43.0 Å². The Labute approximate surface area is 120 Å². The molecular formula is C17H23NO2. The Morgan fingerprint density at radius 2 is 2.20 bits per heavy atom. The van der Waals surface area contributed by atoms with Gasteiger partial charge in [-0.3, -0.25) is 9.69 Å². The maximum atomic E-state index is 10.8. The molecule has 108 valence electrons. The van der Waals surface area contributed by atoms with Gasteiger partial charge in [-0.1, -0.05) is 38.1 Å². The lowest BCUT2D eigenvalue weighted by atomic mass is 9.59. The Kier molecular flexibility index (Phi) is 3.33. The number of aliphatic carboxylic acids is 1. The average Bonchev–Trinajstić information content (AvgIpc) is 2.42. The van der Waals surface area contributed by atoms with Crippen molar-refractivity contribution in [1.29, 1.82) is 0 Å². The zero-order chi connectivity index (χ0) is 14.3. The highest BCUT2D eigenvalue weighted by atomic mass is 16.4. The fourth-order valence-corrected chi connectivity index (χ4v) is 4.19. The standard InChI is InChI=1S/C17H23NO2/c1-12-15-11-13-5-3-4-6-14(13)17(12,2)8-10-18(15)9-7-16(19)20/h3-6,12,15H,7-11H2,1-2H3,(H,19,20). The summed E-state index contributed by atoms with van der Waals surface area (Å²) >= 11 is 0. The molecule has 1 heterocycles. The molecule has 1 aromatic carbocycles. The van der Waals surface area contributed by atoms with E-state index in [1.54, 1.807) is 0 Å². The van der Waals surface area contributed by atoms with Crippen LogP contribution in [0.4, 0.5) is 0 Å². The zero-order valence-corrected chi connectivity index (χ0v) is 12.3. The van der Waals surface area contributed by atoms with Crippen LogP contribution in [0.1, 0.15) is 37.8 Å². The van der Waals surface area contributed by atoms with Crippen LogP contribution in [0.25, 0.3) is 0 Å². The van der Waals surface area contributed by atoms with Crippen molar-refractivity contribution in [3.63, 3.8) is 0 Å². The second-order valence-electron chi connectivity index (χ2n) is 6.56. The molecule has 1 N–H and O–H groups in total. The van der Waals surface area contributed by atoms with E-state index in [0.29, 0.717) is 18.5 Å². The fourth-order valence-electron chi connectivity index (χ4n) is 4.19. The first kappa shape index (κ1) is 13.6. The van der Waals surface area contributed by atoms with Gasteiger partial charge in [0.05, 0.1) is 6.42 Å². The van der Waals surface area contributed by atoms with Crippen LogP contribution >= 0.6 is 0 Å². The van der Waals surface area contributed by atoms with Crippen LogP contribution in [-0.4, -0.2) is 35.1 Å². The van der Waals surface area contributed by atoms with E-state index in [9.17, 15) is 4.79 Å². The van der Waals surface area contributed by atoms with Crippen LogP contribution in [0, 0.1) is 5.92 Å². The van der Waals surface area contributed by atoms with E-state index in [0.717, 1.165) is 19.4 Å². The molecule has 0 aromatic heterocycles.